The van der Waals surface area contributed by atoms with E-state index in [1.54, 1.807) is 6.92 Å². The highest BCUT2D eigenvalue weighted by Crippen LogP contribution is 2.13. The molecule has 5 heteroatoms. The maximum atomic E-state index is 11.9. The molecule has 0 radical (unpaired) electrons. The molecule has 0 heterocycles. The molecule has 1 unspecified atom stereocenters. The molecule has 0 saturated carbocycles. The first-order chi connectivity index (χ1) is 9.91. The fourth-order valence-corrected chi connectivity index (χ4v) is 2.12. The Morgan fingerprint density at radius 1 is 1.29 bits per heavy atom. The minimum absolute atomic E-state index is 0.0286. The molecule has 3 N–H and O–H groups in total. The lowest BCUT2D eigenvalue weighted by Gasteiger charge is -2.25. The number of anilines is 1. The lowest BCUT2D eigenvalue weighted by Crippen LogP contribution is -2.51. The van der Waals surface area contributed by atoms with Gasteiger partial charge in [0.05, 0.1) is 6.54 Å². The smallest absolute Gasteiger partial charge is 0.323 e. The van der Waals surface area contributed by atoms with E-state index in [0.717, 1.165) is 24.1 Å². The van der Waals surface area contributed by atoms with Crippen molar-refractivity contribution in [3.8, 4) is 0 Å². The Morgan fingerprint density at radius 3 is 2.57 bits per heavy atom. The van der Waals surface area contributed by atoms with Crippen molar-refractivity contribution in [1.82, 2.24) is 5.32 Å². The van der Waals surface area contributed by atoms with Crippen LogP contribution in [-0.4, -0.2) is 29.1 Å². The van der Waals surface area contributed by atoms with Crippen LogP contribution in [0, 0.1) is 0 Å². The molecule has 116 valence electrons. The van der Waals surface area contributed by atoms with Gasteiger partial charge in [-0.3, -0.25) is 14.9 Å². The first-order valence-electron chi connectivity index (χ1n) is 7.28. The highest BCUT2D eigenvalue weighted by molar-refractivity contribution is 5.93. The average Bonchev–Trinajstić information content (AvgIpc) is 2.45. The van der Waals surface area contributed by atoms with Gasteiger partial charge in [0.25, 0.3) is 0 Å². The van der Waals surface area contributed by atoms with Gasteiger partial charge in [0.1, 0.15) is 5.54 Å². The van der Waals surface area contributed by atoms with Gasteiger partial charge in [-0.2, -0.15) is 0 Å². The third kappa shape index (κ3) is 5.19. The van der Waals surface area contributed by atoms with Crippen LogP contribution in [0.1, 0.15) is 39.2 Å². The molecule has 21 heavy (non-hydrogen) atoms. The second-order valence-corrected chi connectivity index (χ2v) is 5.34. The molecule has 0 saturated heterocycles. The van der Waals surface area contributed by atoms with E-state index < -0.39 is 11.5 Å². The van der Waals surface area contributed by atoms with Gasteiger partial charge in [-0.1, -0.05) is 32.4 Å². The predicted molar refractivity (Wildman–Crippen MR) is 83.4 cm³/mol. The van der Waals surface area contributed by atoms with Gasteiger partial charge in [-0.05, 0) is 37.5 Å². The zero-order valence-electron chi connectivity index (χ0n) is 12.9. The summed E-state index contributed by atoms with van der Waals surface area (Å²) in [5, 5.41) is 14.8. The third-order valence-electron chi connectivity index (χ3n) is 3.48. The summed E-state index contributed by atoms with van der Waals surface area (Å²) < 4.78 is 0. The molecule has 1 rings (SSSR count). The number of amides is 1. The topological polar surface area (TPSA) is 78.4 Å². The lowest BCUT2D eigenvalue weighted by molar-refractivity contribution is -0.144. The Labute approximate surface area is 125 Å². The molecule has 0 fully saturated rings. The van der Waals surface area contributed by atoms with Crippen molar-refractivity contribution < 1.29 is 14.7 Å². The van der Waals surface area contributed by atoms with E-state index in [-0.39, 0.29) is 12.5 Å². The van der Waals surface area contributed by atoms with Gasteiger partial charge in [0.2, 0.25) is 5.91 Å². The van der Waals surface area contributed by atoms with E-state index in [1.807, 2.05) is 38.1 Å². The summed E-state index contributed by atoms with van der Waals surface area (Å²) in [5.74, 6) is -1.18. The number of hydrogen-bond donors (Lipinski definition) is 3. The summed E-state index contributed by atoms with van der Waals surface area (Å²) in [5.41, 5.74) is 0.799. The van der Waals surface area contributed by atoms with Crippen LogP contribution in [0.25, 0.3) is 0 Å². The molecule has 1 aromatic carbocycles. The van der Waals surface area contributed by atoms with E-state index in [4.69, 9.17) is 0 Å². The van der Waals surface area contributed by atoms with Crippen molar-refractivity contribution in [2.75, 3.05) is 11.9 Å². The molecule has 1 atom stereocenters. The Kier molecular flexibility index (Phi) is 6.37. The van der Waals surface area contributed by atoms with Gasteiger partial charge < -0.3 is 10.4 Å². The normalized spacial score (nSPS) is 13.5. The number of hydrogen-bond acceptors (Lipinski definition) is 3. The number of carboxylic acid groups (broad SMARTS) is 1. The highest BCUT2D eigenvalue weighted by atomic mass is 16.4. The first kappa shape index (κ1) is 17.2. The molecule has 5 nitrogen and oxygen atoms in total. The van der Waals surface area contributed by atoms with E-state index in [1.165, 1.54) is 0 Å². The molecular weight excluding hydrogens is 268 g/mol. The van der Waals surface area contributed by atoms with Crippen LogP contribution in [0.5, 0.6) is 0 Å². The van der Waals surface area contributed by atoms with Crippen molar-refractivity contribution in [1.29, 1.82) is 0 Å². The van der Waals surface area contributed by atoms with Crippen LogP contribution in [-0.2, 0) is 16.0 Å². The van der Waals surface area contributed by atoms with Gasteiger partial charge in [0, 0.05) is 5.69 Å². The minimum Gasteiger partial charge on any atom is -0.480 e. The number of aryl methyl sites for hydroxylation is 1. The number of carbonyl (C=O) groups excluding carboxylic acids is 1. The van der Waals surface area contributed by atoms with E-state index in [0.29, 0.717) is 6.42 Å². The third-order valence-corrected chi connectivity index (χ3v) is 3.48. The summed E-state index contributed by atoms with van der Waals surface area (Å²) >= 11 is 0. The number of carboxylic acids is 1. The molecule has 0 bridgehead atoms. The Bertz CT molecular complexity index is 502. The second kappa shape index (κ2) is 7.78. The van der Waals surface area contributed by atoms with Crippen molar-refractivity contribution in [2.45, 2.75) is 45.6 Å². The molecule has 0 aliphatic rings. The molecular formula is C16H24N2O3. The Hall–Kier alpha value is -1.88. The first-order valence-corrected chi connectivity index (χ1v) is 7.28. The molecule has 1 aromatic rings. The largest absolute Gasteiger partial charge is 0.480 e. The van der Waals surface area contributed by atoms with Gasteiger partial charge >= 0.3 is 5.97 Å². The quantitative estimate of drug-likeness (QED) is 0.687. The van der Waals surface area contributed by atoms with Crippen molar-refractivity contribution >= 4 is 17.6 Å². The second-order valence-electron chi connectivity index (χ2n) is 5.34. The maximum Gasteiger partial charge on any atom is 0.323 e. The number of rotatable bonds is 8. The molecule has 0 aliphatic carbocycles. The Balaban J connectivity index is 2.58. The van der Waals surface area contributed by atoms with Crippen LogP contribution >= 0.6 is 0 Å². The maximum absolute atomic E-state index is 11.9. The minimum atomic E-state index is -1.07. The van der Waals surface area contributed by atoms with Gasteiger partial charge in [-0.25, -0.2) is 0 Å². The summed E-state index contributed by atoms with van der Waals surface area (Å²) in [4.78, 5) is 23.2. The molecule has 0 spiro atoms. The monoisotopic (exact) mass is 292 g/mol. The summed E-state index contributed by atoms with van der Waals surface area (Å²) in [7, 11) is 0. The number of benzene rings is 1. The number of nitrogens with one attached hydrogen (secondary N) is 2. The number of aliphatic carboxylic acids is 1. The van der Waals surface area contributed by atoms with Crippen LogP contribution < -0.4 is 10.6 Å². The predicted octanol–water partition coefficient (Wildman–Crippen LogP) is 2.42. The molecule has 0 aliphatic heterocycles. The van der Waals surface area contributed by atoms with Crippen LogP contribution in [0.15, 0.2) is 24.3 Å². The lowest BCUT2D eigenvalue weighted by atomic mass is 9.96. The van der Waals surface area contributed by atoms with Crippen molar-refractivity contribution in [2.24, 2.45) is 0 Å². The summed E-state index contributed by atoms with van der Waals surface area (Å²) in [6.45, 7) is 5.54. The van der Waals surface area contributed by atoms with Crippen molar-refractivity contribution in [3.63, 3.8) is 0 Å². The van der Waals surface area contributed by atoms with Crippen LogP contribution in [0.3, 0.4) is 0 Å². The average molecular weight is 292 g/mol. The van der Waals surface area contributed by atoms with E-state index >= 15 is 0 Å². The Morgan fingerprint density at radius 2 is 2.00 bits per heavy atom. The fourth-order valence-electron chi connectivity index (χ4n) is 2.12. The SMILES string of the molecule is CCCC(C)(NCC(=O)Nc1cccc(CC)c1)C(=O)O. The highest BCUT2D eigenvalue weighted by Gasteiger charge is 2.31. The molecule has 0 aromatic heterocycles. The standard InChI is InChI=1S/C16H24N2O3/c1-4-9-16(3,15(20)21)17-11-14(19)18-13-8-6-7-12(5-2)10-13/h6-8,10,17H,4-5,9,11H2,1-3H3,(H,18,19)(H,20,21). The van der Waals surface area contributed by atoms with Gasteiger partial charge in [0.15, 0.2) is 0 Å². The zero-order chi connectivity index (χ0) is 15.9. The number of carbonyl (C=O) groups is 2. The van der Waals surface area contributed by atoms with Crippen molar-refractivity contribution in [3.05, 3.63) is 29.8 Å². The molecule has 1 amide bonds. The van der Waals surface area contributed by atoms with E-state index in [9.17, 15) is 14.7 Å². The van der Waals surface area contributed by atoms with Crippen LogP contribution in [0.2, 0.25) is 0 Å². The van der Waals surface area contributed by atoms with E-state index in [2.05, 4.69) is 10.6 Å². The van der Waals surface area contributed by atoms with Crippen LogP contribution in [0.4, 0.5) is 5.69 Å². The summed E-state index contributed by atoms with van der Waals surface area (Å²) in [6, 6.07) is 7.62. The fraction of sp³-hybridized carbons (Fsp3) is 0.500. The zero-order valence-corrected chi connectivity index (χ0v) is 12.9. The summed E-state index contributed by atoms with van der Waals surface area (Å²) in [6.07, 6.45) is 2.10. The van der Waals surface area contributed by atoms with Gasteiger partial charge in [-0.15, -0.1) is 0 Å².